The molecule has 36 heavy (non-hydrogen) atoms. The Labute approximate surface area is 208 Å². The Hall–Kier alpha value is -2.81. The fraction of sp³-hybridized carbons (Fsp3) is 0.600. The van der Waals surface area contributed by atoms with Gasteiger partial charge in [0.1, 0.15) is 11.9 Å². The minimum absolute atomic E-state index is 0.0850. The topological polar surface area (TPSA) is 92.7 Å². The molecule has 2 aromatic rings. The van der Waals surface area contributed by atoms with E-state index in [2.05, 4.69) is 30.4 Å². The summed E-state index contributed by atoms with van der Waals surface area (Å²) in [5.74, 6) is 2.21. The number of hydrogen-bond acceptors (Lipinski definition) is 7. The van der Waals surface area contributed by atoms with Gasteiger partial charge in [-0.3, -0.25) is 9.80 Å². The number of nitrogens with zero attached hydrogens (tertiary/aromatic N) is 5. The van der Waals surface area contributed by atoms with Gasteiger partial charge in [-0.05, 0) is 31.2 Å². The Bertz CT molecular complexity index is 1160. The maximum Gasteiger partial charge on any atom is 0.573 e. The Morgan fingerprint density at radius 3 is 2.44 bits per heavy atom. The van der Waals surface area contributed by atoms with Gasteiger partial charge >= 0.3 is 6.36 Å². The van der Waals surface area contributed by atoms with Crippen LogP contribution in [0.15, 0.2) is 18.5 Å². The number of aromatic nitrogens is 3. The highest BCUT2D eigenvalue weighted by Crippen LogP contribution is 2.68. The summed E-state index contributed by atoms with van der Waals surface area (Å²) in [5, 5.41) is 11.0. The van der Waals surface area contributed by atoms with Gasteiger partial charge in [-0.25, -0.2) is 9.97 Å². The van der Waals surface area contributed by atoms with Gasteiger partial charge in [0.15, 0.2) is 11.6 Å². The number of piperazine rings is 1. The van der Waals surface area contributed by atoms with Gasteiger partial charge in [0.05, 0.1) is 17.8 Å². The van der Waals surface area contributed by atoms with Gasteiger partial charge in [0.2, 0.25) is 0 Å². The Balaban J connectivity index is 1.39. The van der Waals surface area contributed by atoms with Crippen LogP contribution in [-0.4, -0.2) is 74.1 Å². The first-order valence-corrected chi connectivity index (χ1v) is 12.2. The van der Waals surface area contributed by atoms with Gasteiger partial charge in [-0.15, -0.1) is 19.6 Å². The zero-order valence-electron chi connectivity index (χ0n) is 20.4. The van der Waals surface area contributed by atoms with E-state index in [-0.39, 0.29) is 22.8 Å². The summed E-state index contributed by atoms with van der Waals surface area (Å²) in [7, 11) is 0. The zero-order valence-corrected chi connectivity index (χ0v) is 20.4. The van der Waals surface area contributed by atoms with Crippen molar-refractivity contribution in [3.05, 3.63) is 24.3 Å². The number of alkyl halides is 3. The summed E-state index contributed by atoms with van der Waals surface area (Å²) in [6, 6.07) is 1.19. The van der Waals surface area contributed by atoms with Crippen LogP contribution in [0.5, 0.6) is 5.75 Å². The van der Waals surface area contributed by atoms with E-state index in [1.165, 1.54) is 12.3 Å². The zero-order chi connectivity index (χ0) is 25.9. The first kappa shape index (κ1) is 24.9. The van der Waals surface area contributed by atoms with Crippen LogP contribution in [0.1, 0.15) is 45.0 Å². The average molecular weight is 505 g/mol. The smallest absolute Gasteiger partial charge is 0.402 e. The Morgan fingerprint density at radius 1 is 1.19 bits per heavy atom. The molecule has 1 atom stereocenters. The van der Waals surface area contributed by atoms with Crippen LogP contribution in [0.4, 0.5) is 19.0 Å². The van der Waals surface area contributed by atoms with Crippen molar-refractivity contribution < 1.29 is 23.0 Å². The van der Waals surface area contributed by atoms with Crippen molar-refractivity contribution in [1.29, 1.82) is 0 Å². The lowest BCUT2D eigenvalue weighted by Gasteiger charge is -2.75. The highest BCUT2D eigenvalue weighted by atomic mass is 19.4. The molecule has 2 aromatic heterocycles. The van der Waals surface area contributed by atoms with Crippen molar-refractivity contribution in [2.24, 2.45) is 5.92 Å². The van der Waals surface area contributed by atoms with E-state index in [9.17, 15) is 18.3 Å². The Morgan fingerprint density at radius 2 is 1.86 bits per heavy atom. The fourth-order valence-electron chi connectivity index (χ4n) is 6.00. The lowest BCUT2D eigenvalue weighted by molar-refractivity contribution is -0.274. The summed E-state index contributed by atoms with van der Waals surface area (Å²) in [6.45, 7) is 8.36. The van der Waals surface area contributed by atoms with Crippen LogP contribution in [0.3, 0.4) is 0 Å². The lowest BCUT2D eigenvalue weighted by Crippen LogP contribution is -2.80. The van der Waals surface area contributed by atoms with Gasteiger partial charge in [0, 0.05) is 49.7 Å². The van der Waals surface area contributed by atoms with E-state index in [1.54, 1.807) is 0 Å². The number of aliphatic hydroxyl groups excluding tert-OH is 1. The molecule has 0 spiro atoms. The molecule has 1 saturated heterocycles. The molecule has 8 nitrogen and oxygen atoms in total. The standard InChI is InChI=1S/C25H31F3N6O2/c1-4-5-32-6-8-33(9-7-32)23-13-24(14-23,15-23)34-12-18(31-22(34)20(35)16(2)3)17-10-19(21(29)30-11-17)36-25(26,27)28/h1,10-12,16,20,35H,5-9,13-15H2,2-3H3,(H2,29,30). The molecule has 3 saturated carbocycles. The van der Waals surface area contributed by atoms with Crippen LogP contribution >= 0.6 is 0 Å². The molecule has 0 amide bonds. The van der Waals surface area contributed by atoms with E-state index in [4.69, 9.17) is 12.2 Å². The molecule has 194 valence electrons. The van der Waals surface area contributed by atoms with Gasteiger partial charge in [-0.1, -0.05) is 19.8 Å². The van der Waals surface area contributed by atoms with E-state index in [1.807, 2.05) is 24.6 Å². The quantitative estimate of drug-likeness (QED) is 0.560. The van der Waals surface area contributed by atoms with Crippen molar-refractivity contribution in [3.8, 4) is 29.4 Å². The summed E-state index contributed by atoms with van der Waals surface area (Å²) in [5.41, 5.74) is 6.36. The van der Waals surface area contributed by atoms with Gasteiger partial charge in [-0.2, -0.15) is 0 Å². The molecule has 4 aliphatic rings. The molecule has 4 fully saturated rings. The minimum atomic E-state index is -4.89. The average Bonchev–Trinajstić information content (AvgIpc) is 3.18. The van der Waals surface area contributed by atoms with Crippen molar-refractivity contribution in [1.82, 2.24) is 24.3 Å². The Kier molecular flexibility index (Phi) is 5.97. The largest absolute Gasteiger partial charge is 0.573 e. The number of anilines is 1. The number of nitrogens with two attached hydrogens (primary N) is 1. The van der Waals surface area contributed by atoms with Crippen molar-refractivity contribution in [3.63, 3.8) is 0 Å². The van der Waals surface area contributed by atoms with E-state index < -0.39 is 18.2 Å². The second-order valence-corrected chi connectivity index (χ2v) is 10.6. The third-order valence-electron chi connectivity index (χ3n) is 7.88. The van der Waals surface area contributed by atoms with Gasteiger partial charge in [0.25, 0.3) is 0 Å². The number of pyridine rings is 1. The molecular weight excluding hydrogens is 473 g/mol. The third-order valence-corrected chi connectivity index (χ3v) is 7.88. The number of halogens is 3. The number of nitrogen functional groups attached to an aromatic ring is 1. The molecule has 0 radical (unpaired) electrons. The summed E-state index contributed by atoms with van der Waals surface area (Å²) < 4.78 is 44.5. The van der Waals surface area contributed by atoms with Crippen LogP contribution in [0.2, 0.25) is 0 Å². The second-order valence-electron chi connectivity index (χ2n) is 10.6. The number of ether oxygens (including phenoxy) is 1. The molecule has 0 aromatic carbocycles. The van der Waals surface area contributed by atoms with Crippen molar-refractivity contribution in [2.45, 2.75) is 56.7 Å². The highest BCUT2D eigenvalue weighted by Gasteiger charge is 2.71. The SMILES string of the molecule is C#CCN1CCN(C23CC(n4cc(-c5cnc(N)c(OC(F)(F)F)c5)nc4C(O)C(C)C)(C2)C3)CC1. The lowest BCUT2D eigenvalue weighted by atomic mass is 9.43. The molecule has 3 heterocycles. The van der Waals surface area contributed by atoms with Crippen LogP contribution < -0.4 is 10.5 Å². The number of hydrogen-bond donors (Lipinski definition) is 2. The second kappa shape index (κ2) is 8.64. The predicted octanol–water partition coefficient (Wildman–Crippen LogP) is 3.00. The summed E-state index contributed by atoms with van der Waals surface area (Å²) in [6.07, 6.45) is 5.78. The van der Waals surface area contributed by atoms with E-state index >= 15 is 0 Å². The molecule has 1 unspecified atom stereocenters. The predicted molar refractivity (Wildman–Crippen MR) is 128 cm³/mol. The third kappa shape index (κ3) is 4.21. The molecule has 2 bridgehead atoms. The summed E-state index contributed by atoms with van der Waals surface area (Å²) >= 11 is 0. The molecule has 11 heteroatoms. The maximum absolute atomic E-state index is 12.8. The van der Waals surface area contributed by atoms with Gasteiger partial charge < -0.3 is 20.1 Å². The van der Waals surface area contributed by atoms with Crippen LogP contribution in [0.25, 0.3) is 11.3 Å². The summed E-state index contributed by atoms with van der Waals surface area (Å²) in [4.78, 5) is 13.4. The van der Waals surface area contributed by atoms with Crippen LogP contribution in [-0.2, 0) is 5.54 Å². The van der Waals surface area contributed by atoms with Crippen LogP contribution in [0, 0.1) is 18.3 Å². The van der Waals surface area contributed by atoms with Crippen molar-refractivity contribution in [2.75, 3.05) is 38.5 Å². The molecular formula is C25H31F3N6O2. The maximum atomic E-state index is 12.8. The number of imidazole rings is 1. The highest BCUT2D eigenvalue weighted by molar-refractivity contribution is 5.64. The normalized spacial score (nSPS) is 27.3. The number of terminal acetylenes is 1. The first-order valence-electron chi connectivity index (χ1n) is 12.2. The van der Waals surface area contributed by atoms with Crippen molar-refractivity contribution >= 4 is 5.82 Å². The monoisotopic (exact) mass is 504 g/mol. The molecule has 6 rings (SSSR count). The first-order chi connectivity index (χ1) is 17.0. The van der Waals surface area contributed by atoms with E-state index in [0.717, 1.165) is 45.4 Å². The molecule has 1 aliphatic heterocycles. The minimum Gasteiger partial charge on any atom is -0.402 e. The fourth-order valence-corrected chi connectivity index (χ4v) is 6.00. The number of rotatable bonds is 7. The molecule has 3 N–H and O–H groups in total. The van der Waals surface area contributed by atoms with E-state index in [0.29, 0.717) is 23.6 Å². The number of aliphatic hydroxyl groups is 1. The molecule has 3 aliphatic carbocycles.